The van der Waals surface area contributed by atoms with E-state index in [1.807, 2.05) is 11.3 Å². The Morgan fingerprint density at radius 2 is 2.00 bits per heavy atom. The predicted octanol–water partition coefficient (Wildman–Crippen LogP) is 3.11. The third-order valence-corrected chi connectivity index (χ3v) is 4.73. The molecule has 96 valence electrons. The van der Waals surface area contributed by atoms with Gasteiger partial charge in [0, 0.05) is 21.8 Å². The fourth-order valence-corrected chi connectivity index (χ4v) is 3.72. The highest BCUT2D eigenvalue weighted by Crippen LogP contribution is 2.27. The van der Waals surface area contributed by atoms with Crippen LogP contribution in [-0.4, -0.2) is 31.1 Å². The van der Waals surface area contributed by atoms with Gasteiger partial charge in [-0.2, -0.15) is 0 Å². The average Bonchev–Trinajstić information content (AvgIpc) is 2.61. The van der Waals surface area contributed by atoms with Crippen LogP contribution in [0.15, 0.2) is 6.07 Å². The quantitative estimate of drug-likeness (QED) is 0.889. The molecule has 0 amide bonds. The molecule has 1 saturated heterocycles. The van der Waals surface area contributed by atoms with Crippen molar-refractivity contribution in [1.82, 2.24) is 10.2 Å². The molecule has 0 spiro atoms. The molecule has 3 heteroatoms. The molecule has 1 N–H and O–H groups in total. The first-order valence-corrected chi connectivity index (χ1v) is 7.39. The Kier molecular flexibility index (Phi) is 4.23. The van der Waals surface area contributed by atoms with E-state index in [0.29, 0.717) is 12.1 Å². The SMILES string of the molecule is Cc1cc(C(C)NC2CCN(C)CC2)c(C)s1. The van der Waals surface area contributed by atoms with Gasteiger partial charge in [0.05, 0.1) is 0 Å². The summed E-state index contributed by atoms with van der Waals surface area (Å²) in [6.07, 6.45) is 2.56. The van der Waals surface area contributed by atoms with E-state index in [9.17, 15) is 0 Å². The number of rotatable bonds is 3. The fourth-order valence-electron chi connectivity index (χ4n) is 2.70. The smallest absolute Gasteiger partial charge is 0.0305 e. The van der Waals surface area contributed by atoms with E-state index in [1.165, 1.54) is 41.2 Å². The van der Waals surface area contributed by atoms with Gasteiger partial charge >= 0.3 is 0 Å². The van der Waals surface area contributed by atoms with Gasteiger partial charge in [0.25, 0.3) is 0 Å². The highest BCUT2D eigenvalue weighted by molar-refractivity contribution is 7.12. The summed E-state index contributed by atoms with van der Waals surface area (Å²) in [7, 11) is 2.21. The van der Waals surface area contributed by atoms with Gasteiger partial charge < -0.3 is 10.2 Å². The molecule has 2 heterocycles. The van der Waals surface area contributed by atoms with Crippen LogP contribution in [0.25, 0.3) is 0 Å². The monoisotopic (exact) mass is 252 g/mol. The van der Waals surface area contributed by atoms with Crippen LogP contribution in [0.1, 0.15) is 41.1 Å². The Hall–Kier alpha value is -0.380. The summed E-state index contributed by atoms with van der Waals surface area (Å²) in [5.41, 5.74) is 1.49. The summed E-state index contributed by atoms with van der Waals surface area (Å²) in [5.74, 6) is 0. The summed E-state index contributed by atoms with van der Waals surface area (Å²) in [6.45, 7) is 9.19. The van der Waals surface area contributed by atoms with Gasteiger partial charge in [-0.15, -0.1) is 11.3 Å². The molecule has 0 bridgehead atoms. The number of nitrogens with zero attached hydrogens (tertiary/aromatic N) is 1. The molecule has 1 aliphatic heterocycles. The minimum Gasteiger partial charge on any atom is -0.307 e. The van der Waals surface area contributed by atoms with E-state index in [0.717, 1.165) is 0 Å². The van der Waals surface area contributed by atoms with Crippen LogP contribution in [0.3, 0.4) is 0 Å². The van der Waals surface area contributed by atoms with Gasteiger partial charge in [-0.25, -0.2) is 0 Å². The maximum atomic E-state index is 3.79. The van der Waals surface area contributed by atoms with Crippen LogP contribution in [0.4, 0.5) is 0 Å². The second-order valence-corrected chi connectivity index (χ2v) is 6.79. The Morgan fingerprint density at radius 1 is 1.35 bits per heavy atom. The Labute approximate surface area is 109 Å². The molecular formula is C14H24N2S. The maximum absolute atomic E-state index is 3.79. The number of likely N-dealkylation sites (tertiary alicyclic amines) is 1. The zero-order valence-corrected chi connectivity index (χ0v) is 12.2. The third kappa shape index (κ3) is 3.30. The summed E-state index contributed by atoms with van der Waals surface area (Å²) < 4.78 is 0. The zero-order valence-electron chi connectivity index (χ0n) is 11.4. The van der Waals surface area contributed by atoms with Crippen molar-refractivity contribution in [2.75, 3.05) is 20.1 Å². The molecule has 0 saturated carbocycles. The molecule has 0 aliphatic carbocycles. The van der Waals surface area contributed by atoms with Crippen molar-refractivity contribution in [2.45, 2.75) is 45.7 Å². The summed E-state index contributed by atoms with van der Waals surface area (Å²) in [5, 5.41) is 3.79. The molecule has 1 fully saturated rings. The lowest BCUT2D eigenvalue weighted by Crippen LogP contribution is -2.41. The summed E-state index contributed by atoms with van der Waals surface area (Å²) in [6, 6.07) is 3.53. The van der Waals surface area contributed by atoms with Gasteiger partial charge in [0.2, 0.25) is 0 Å². The van der Waals surface area contributed by atoms with Crippen molar-refractivity contribution >= 4 is 11.3 Å². The standard InChI is InChI=1S/C14H24N2S/c1-10-9-14(12(3)17-10)11(2)15-13-5-7-16(4)8-6-13/h9,11,13,15H,5-8H2,1-4H3. The van der Waals surface area contributed by atoms with Crippen molar-refractivity contribution < 1.29 is 0 Å². The molecule has 1 unspecified atom stereocenters. The predicted molar refractivity (Wildman–Crippen MR) is 75.9 cm³/mol. The van der Waals surface area contributed by atoms with Gasteiger partial charge in [0.1, 0.15) is 0 Å². The first-order chi connectivity index (χ1) is 8.06. The third-order valence-electron chi connectivity index (χ3n) is 3.75. The maximum Gasteiger partial charge on any atom is 0.0305 e. The first kappa shape index (κ1) is 13.1. The highest BCUT2D eigenvalue weighted by Gasteiger charge is 2.20. The van der Waals surface area contributed by atoms with Gasteiger partial charge in [-0.05, 0) is 65.4 Å². The topological polar surface area (TPSA) is 15.3 Å². The Bertz CT molecular complexity index is 364. The van der Waals surface area contributed by atoms with Crippen LogP contribution in [0.5, 0.6) is 0 Å². The van der Waals surface area contributed by atoms with Crippen LogP contribution >= 0.6 is 11.3 Å². The molecular weight excluding hydrogens is 228 g/mol. The van der Waals surface area contributed by atoms with Crippen molar-refractivity contribution in [3.63, 3.8) is 0 Å². The van der Waals surface area contributed by atoms with Gasteiger partial charge in [-0.1, -0.05) is 0 Å². The van der Waals surface area contributed by atoms with Crippen LogP contribution in [0, 0.1) is 13.8 Å². The van der Waals surface area contributed by atoms with E-state index in [-0.39, 0.29) is 0 Å². The minimum absolute atomic E-state index is 0.494. The van der Waals surface area contributed by atoms with Gasteiger partial charge in [-0.3, -0.25) is 0 Å². The minimum atomic E-state index is 0.494. The Balaban J connectivity index is 1.93. The van der Waals surface area contributed by atoms with E-state index in [2.05, 4.69) is 44.1 Å². The molecule has 1 aromatic rings. The average molecular weight is 252 g/mol. The van der Waals surface area contributed by atoms with Crippen molar-refractivity contribution in [1.29, 1.82) is 0 Å². The molecule has 1 atom stereocenters. The van der Waals surface area contributed by atoms with Crippen molar-refractivity contribution in [3.8, 4) is 0 Å². The molecule has 0 radical (unpaired) electrons. The van der Waals surface area contributed by atoms with Gasteiger partial charge in [0.15, 0.2) is 0 Å². The second kappa shape index (κ2) is 5.51. The van der Waals surface area contributed by atoms with Crippen LogP contribution < -0.4 is 5.32 Å². The number of piperidine rings is 1. The Morgan fingerprint density at radius 3 is 2.53 bits per heavy atom. The molecule has 1 aromatic heterocycles. The number of nitrogens with one attached hydrogen (secondary N) is 1. The fraction of sp³-hybridized carbons (Fsp3) is 0.714. The first-order valence-electron chi connectivity index (χ1n) is 6.58. The lowest BCUT2D eigenvalue weighted by atomic mass is 10.0. The van der Waals surface area contributed by atoms with E-state index < -0.39 is 0 Å². The van der Waals surface area contributed by atoms with E-state index in [4.69, 9.17) is 0 Å². The summed E-state index contributed by atoms with van der Waals surface area (Å²) in [4.78, 5) is 5.31. The van der Waals surface area contributed by atoms with E-state index in [1.54, 1.807) is 0 Å². The molecule has 2 rings (SSSR count). The lowest BCUT2D eigenvalue weighted by Gasteiger charge is -2.31. The molecule has 2 nitrogen and oxygen atoms in total. The van der Waals surface area contributed by atoms with Crippen LogP contribution in [-0.2, 0) is 0 Å². The molecule has 17 heavy (non-hydrogen) atoms. The lowest BCUT2D eigenvalue weighted by molar-refractivity contribution is 0.226. The zero-order chi connectivity index (χ0) is 12.4. The largest absolute Gasteiger partial charge is 0.307 e. The normalized spacial score (nSPS) is 20.7. The number of aryl methyl sites for hydroxylation is 2. The second-order valence-electron chi connectivity index (χ2n) is 5.33. The van der Waals surface area contributed by atoms with E-state index >= 15 is 0 Å². The number of hydrogen-bond donors (Lipinski definition) is 1. The van der Waals surface area contributed by atoms with Crippen molar-refractivity contribution in [3.05, 3.63) is 21.4 Å². The highest BCUT2D eigenvalue weighted by atomic mass is 32.1. The molecule has 1 aliphatic rings. The van der Waals surface area contributed by atoms with Crippen molar-refractivity contribution in [2.24, 2.45) is 0 Å². The van der Waals surface area contributed by atoms with Crippen LogP contribution in [0.2, 0.25) is 0 Å². The summed E-state index contributed by atoms with van der Waals surface area (Å²) >= 11 is 1.91. The number of thiophene rings is 1. The number of hydrogen-bond acceptors (Lipinski definition) is 3. The molecule has 0 aromatic carbocycles.